The molecule has 0 N–H and O–H groups in total. The molecule has 3 aliphatic carbocycles. The number of hydrogen-bond acceptors (Lipinski definition) is 1. The lowest BCUT2D eigenvalue weighted by Gasteiger charge is -2.21. The van der Waals surface area contributed by atoms with Gasteiger partial charge >= 0.3 is 0 Å². The number of rotatable bonds is 3. The zero-order valence-electron chi connectivity index (χ0n) is 12.6. The lowest BCUT2D eigenvalue weighted by molar-refractivity contribution is -0.117. The van der Waals surface area contributed by atoms with Crippen molar-refractivity contribution in [1.29, 1.82) is 0 Å². The Morgan fingerprint density at radius 1 is 1.00 bits per heavy atom. The molecule has 0 saturated carbocycles. The van der Waals surface area contributed by atoms with E-state index < -0.39 is 0 Å². The first-order valence-electron chi connectivity index (χ1n) is 7.88. The second-order valence-corrected chi connectivity index (χ2v) is 6.06. The Labute approximate surface area is 127 Å². The predicted molar refractivity (Wildman–Crippen MR) is 87.8 cm³/mol. The molecule has 0 amide bonds. The van der Waals surface area contributed by atoms with Gasteiger partial charge in [0.2, 0.25) is 0 Å². The van der Waals surface area contributed by atoms with Gasteiger partial charge in [0, 0.05) is 17.4 Å². The van der Waals surface area contributed by atoms with Gasteiger partial charge < -0.3 is 0 Å². The number of carbonyl (C=O) groups is 1. The van der Waals surface area contributed by atoms with Crippen molar-refractivity contribution in [3.05, 3.63) is 71.4 Å². The van der Waals surface area contributed by atoms with Gasteiger partial charge in [-0.2, -0.15) is 0 Å². The molecular weight excluding hydrogens is 256 g/mol. The smallest absolute Gasteiger partial charge is 0.169 e. The van der Waals surface area contributed by atoms with E-state index in [1.54, 1.807) is 0 Å². The molecule has 3 rings (SSSR count). The van der Waals surface area contributed by atoms with Crippen LogP contribution in [0, 0.1) is 11.8 Å². The Hall–Kier alpha value is -1.89. The monoisotopic (exact) mass is 278 g/mol. The van der Waals surface area contributed by atoms with Crippen molar-refractivity contribution < 1.29 is 4.79 Å². The quantitative estimate of drug-likeness (QED) is 0.720. The molecule has 0 aromatic carbocycles. The van der Waals surface area contributed by atoms with Crippen LogP contribution in [0.4, 0.5) is 0 Å². The van der Waals surface area contributed by atoms with E-state index in [-0.39, 0.29) is 11.7 Å². The molecule has 0 aliphatic heterocycles. The highest BCUT2D eigenvalue weighted by atomic mass is 16.1. The van der Waals surface area contributed by atoms with Crippen LogP contribution in [0.25, 0.3) is 0 Å². The summed E-state index contributed by atoms with van der Waals surface area (Å²) in [6, 6.07) is 0. The highest BCUT2D eigenvalue weighted by molar-refractivity contribution is 6.01. The van der Waals surface area contributed by atoms with Crippen molar-refractivity contribution in [3.8, 4) is 0 Å². The Kier molecular flexibility index (Phi) is 4.19. The Morgan fingerprint density at radius 3 is 2.52 bits per heavy atom. The molecule has 1 nitrogen and oxygen atoms in total. The normalized spacial score (nSPS) is 28.0. The average molecular weight is 278 g/mol. The maximum Gasteiger partial charge on any atom is 0.169 e. The summed E-state index contributed by atoms with van der Waals surface area (Å²) in [6.45, 7) is 2.08. The first-order valence-corrected chi connectivity index (χ1v) is 7.88. The van der Waals surface area contributed by atoms with E-state index >= 15 is 0 Å². The highest BCUT2D eigenvalue weighted by Crippen LogP contribution is 2.29. The molecule has 0 aromatic rings. The maximum atomic E-state index is 12.5. The van der Waals surface area contributed by atoms with Gasteiger partial charge in [-0.1, -0.05) is 60.3 Å². The lowest BCUT2D eigenvalue weighted by Crippen LogP contribution is -2.17. The second kappa shape index (κ2) is 6.26. The SMILES string of the molecule is CC1=CCC(C(=O)C2=CCC(C3=CCCC=C3)C=C2)C=C1. The molecule has 1 heteroatoms. The van der Waals surface area contributed by atoms with E-state index in [0.29, 0.717) is 5.92 Å². The van der Waals surface area contributed by atoms with Crippen molar-refractivity contribution in [2.45, 2.75) is 32.6 Å². The third-order valence-corrected chi connectivity index (χ3v) is 4.46. The molecule has 2 unspecified atom stereocenters. The summed E-state index contributed by atoms with van der Waals surface area (Å²) in [5, 5.41) is 0. The van der Waals surface area contributed by atoms with Crippen LogP contribution in [-0.4, -0.2) is 5.78 Å². The first kappa shape index (κ1) is 14.1. The molecule has 0 aromatic heterocycles. The third-order valence-electron chi connectivity index (χ3n) is 4.46. The highest BCUT2D eigenvalue weighted by Gasteiger charge is 2.22. The van der Waals surface area contributed by atoms with Crippen molar-refractivity contribution in [1.82, 2.24) is 0 Å². The van der Waals surface area contributed by atoms with Crippen LogP contribution >= 0.6 is 0 Å². The molecule has 0 spiro atoms. The molecule has 3 aliphatic rings. The van der Waals surface area contributed by atoms with E-state index in [1.165, 1.54) is 11.1 Å². The van der Waals surface area contributed by atoms with Crippen LogP contribution in [-0.2, 0) is 4.79 Å². The van der Waals surface area contributed by atoms with Gasteiger partial charge in [-0.25, -0.2) is 0 Å². The topological polar surface area (TPSA) is 17.1 Å². The first-order chi connectivity index (χ1) is 10.2. The predicted octanol–water partition coefficient (Wildman–Crippen LogP) is 4.86. The summed E-state index contributed by atoms with van der Waals surface area (Å²) < 4.78 is 0. The molecule has 0 radical (unpaired) electrons. The minimum absolute atomic E-state index is 0.0231. The molecule has 2 atom stereocenters. The maximum absolute atomic E-state index is 12.5. The van der Waals surface area contributed by atoms with Crippen LogP contribution < -0.4 is 0 Å². The Bertz CT molecular complexity index is 608. The van der Waals surface area contributed by atoms with Gasteiger partial charge in [0.1, 0.15) is 0 Å². The average Bonchev–Trinajstić information content (AvgIpc) is 2.56. The second-order valence-electron chi connectivity index (χ2n) is 6.06. The van der Waals surface area contributed by atoms with Gasteiger partial charge in [0.25, 0.3) is 0 Å². The van der Waals surface area contributed by atoms with Gasteiger partial charge in [-0.3, -0.25) is 4.79 Å². The van der Waals surface area contributed by atoms with E-state index in [2.05, 4.69) is 49.5 Å². The zero-order chi connectivity index (χ0) is 14.7. The van der Waals surface area contributed by atoms with E-state index in [9.17, 15) is 4.79 Å². The largest absolute Gasteiger partial charge is 0.294 e. The minimum Gasteiger partial charge on any atom is -0.294 e. The summed E-state index contributed by atoms with van der Waals surface area (Å²) in [6.07, 6.45) is 23.5. The molecule has 0 fully saturated rings. The van der Waals surface area contributed by atoms with Gasteiger partial charge in [0.05, 0.1) is 0 Å². The van der Waals surface area contributed by atoms with Crippen LogP contribution in [0.2, 0.25) is 0 Å². The molecule has 0 bridgehead atoms. The summed E-state index contributed by atoms with van der Waals surface area (Å²) in [4.78, 5) is 12.5. The van der Waals surface area contributed by atoms with Crippen molar-refractivity contribution in [3.63, 3.8) is 0 Å². The fourth-order valence-electron chi connectivity index (χ4n) is 3.09. The molecule has 0 saturated heterocycles. The van der Waals surface area contributed by atoms with E-state index in [1.807, 2.05) is 12.2 Å². The van der Waals surface area contributed by atoms with Crippen molar-refractivity contribution in [2.75, 3.05) is 0 Å². The van der Waals surface area contributed by atoms with Gasteiger partial charge in [-0.05, 0) is 38.2 Å². The number of Topliss-reactive ketones (excluding diaryl/α,β-unsaturated/α-hetero) is 1. The van der Waals surface area contributed by atoms with Crippen molar-refractivity contribution in [2.24, 2.45) is 11.8 Å². The Balaban J connectivity index is 1.64. The third kappa shape index (κ3) is 3.24. The van der Waals surface area contributed by atoms with Crippen LogP contribution in [0.15, 0.2) is 71.4 Å². The summed E-state index contributed by atoms with van der Waals surface area (Å²) in [5.41, 5.74) is 3.54. The molecule has 108 valence electrons. The summed E-state index contributed by atoms with van der Waals surface area (Å²) in [5.74, 6) is 0.731. The summed E-state index contributed by atoms with van der Waals surface area (Å²) >= 11 is 0. The van der Waals surface area contributed by atoms with E-state index in [0.717, 1.165) is 31.3 Å². The van der Waals surface area contributed by atoms with Gasteiger partial charge in [-0.15, -0.1) is 0 Å². The number of carbonyl (C=O) groups excluding carboxylic acids is 1. The fraction of sp³-hybridized carbons (Fsp3) is 0.350. The lowest BCUT2D eigenvalue weighted by atomic mass is 9.83. The molecular formula is C20H22O. The van der Waals surface area contributed by atoms with Gasteiger partial charge in [0.15, 0.2) is 5.78 Å². The number of allylic oxidation sites excluding steroid dienone is 12. The van der Waals surface area contributed by atoms with Crippen LogP contribution in [0.5, 0.6) is 0 Å². The minimum atomic E-state index is 0.0231. The van der Waals surface area contributed by atoms with Crippen LogP contribution in [0.3, 0.4) is 0 Å². The molecule has 21 heavy (non-hydrogen) atoms. The zero-order valence-corrected chi connectivity index (χ0v) is 12.6. The summed E-state index contributed by atoms with van der Waals surface area (Å²) in [7, 11) is 0. The fourth-order valence-corrected chi connectivity index (χ4v) is 3.09. The van der Waals surface area contributed by atoms with E-state index in [4.69, 9.17) is 0 Å². The van der Waals surface area contributed by atoms with Crippen molar-refractivity contribution >= 4 is 5.78 Å². The molecule has 0 heterocycles. The number of hydrogen-bond donors (Lipinski definition) is 0. The van der Waals surface area contributed by atoms with Crippen LogP contribution in [0.1, 0.15) is 32.6 Å². The Morgan fingerprint density at radius 2 is 1.90 bits per heavy atom. The standard InChI is InChI=1S/C20H22O/c1-15-7-9-18(10-8-15)20(21)19-13-11-17(12-14-19)16-5-3-2-4-6-16/h3,5-9,11,13-14,17-18H,2,4,10,12H2,1H3. The number of ketones is 1.